The molecule has 2 atom stereocenters. The van der Waals surface area contributed by atoms with E-state index in [9.17, 15) is 9.59 Å². The lowest BCUT2D eigenvalue weighted by Gasteiger charge is -2.34. The van der Waals surface area contributed by atoms with Gasteiger partial charge in [0.2, 0.25) is 5.91 Å². The first-order chi connectivity index (χ1) is 17.4. The molecule has 0 aromatic rings. The number of hydrogen-bond donors (Lipinski definition) is 2. The molecule has 0 bridgehead atoms. The van der Waals surface area contributed by atoms with Gasteiger partial charge in [-0.3, -0.25) is 4.79 Å². The van der Waals surface area contributed by atoms with E-state index in [4.69, 9.17) is 9.84 Å². The summed E-state index contributed by atoms with van der Waals surface area (Å²) in [5.41, 5.74) is 2.63. The molecule has 0 aromatic carbocycles. The van der Waals surface area contributed by atoms with Crippen LogP contribution in [0, 0.1) is 5.92 Å². The lowest BCUT2D eigenvalue weighted by Crippen LogP contribution is -2.53. The lowest BCUT2D eigenvalue weighted by atomic mass is 9.83. The highest BCUT2D eigenvalue weighted by Crippen LogP contribution is 2.29. The number of esters is 1. The van der Waals surface area contributed by atoms with Gasteiger partial charge in [0.1, 0.15) is 6.04 Å². The molecule has 1 aliphatic carbocycles. The first-order valence-electron chi connectivity index (χ1n) is 13.5. The lowest BCUT2D eigenvalue weighted by molar-refractivity contribution is -0.152. The first-order valence-corrected chi connectivity index (χ1v) is 13.5. The predicted molar refractivity (Wildman–Crippen MR) is 146 cm³/mol. The molecule has 1 amide bonds. The van der Waals surface area contributed by atoms with Gasteiger partial charge in [0.15, 0.2) is 0 Å². The van der Waals surface area contributed by atoms with E-state index in [0.29, 0.717) is 24.5 Å². The highest BCUT2D eigenvalue weighted by Gasteiger charge is 2.40. The molecule has 0 aromatic heterocycles. The van der Waals surface area contributed by atoms with Crippen LogP contribution in [0.5, 0.6) is 0 Å². The minimum absolute atomic E-state index is 0.0525. The third kappa shape index (κ3) is 9.90. The summed E-state index contributed by atoms with van der Waals surface area (Å²) in [7, 11) is 1.40. The number of aliphatic hydroxyl groups excluding tert-OH is 1. The van der Waals surface area contributed by atoms with Gasteiger partial charge in [-0.25, -0.2) is 4.79 Å². The second kappa shape index (κ2) is 16.3. The van der Waals surface area contributed by atoms with Crippen LogP contribution >= 0.6 is 0 Å². The Hall–Kier alpha value is -2.44. The van der Waals surface area contributed by atoms with E-state index in [1.165, 1.54) is 26.4 Å². The topological polar surface area (TPSA) is 78.9 Å². The second-order valence-electron chi connectivity index (χ2n) is 10.1. The molecule has 0 radical (unpaired) electrons. The number of unbranched alkanes of at least 4 members (excludes halogenated alkanes) is 2. The number of carbonyl (C=O) groups excluding carboxylic acids is 2. The summed E-state index contributed by atoms with van der Waals surface area (Å²) in [6.07, 6.45) is 20.2. The molecule has 2 rings (SSSR count). The molecule has 0 spiro atoms. The van der Waals surface area contributed by atoms with Crippen LogP contribution in [0.1, 0.15) is 71.1 Å². The maximum Gasteiger partial charge on any atom is 0.328 e. The Morgan fingerprint density at radius 1 is 1.08 bits per heavy atom. The van der Waals surface area contributed by atoms with Crippen molar-refractivity contribution in [1.82, 2.24) is 10.2 Å². The zero-order valence-corrected chi connectivity index (χ0v) is 22.3. The predicted octanol–water partition coefficient (Wildman–Crippen LogP) is 5.02. The molecule has 2 aliphatic rings. The molecule has 2 fully saturated rings. The minimum atomic E-state index is -0.433. The SMILES string of the molecule is C=C(/C=C/C(=C)CO)/C=C(C)/C=C/CCCCN[C@H](C(=O)N1CCCC1C(=O)OC)C1CCCCC1. The van der Waals surface area contributed by atoms with Crippen molar-refractivity contribution in [3.05, 3.63) is 60.3 Å². The van der Waals surface area contributed by atoms with Gasteiger partial charge >= 0.3 is 5.97 Å². The minimum Gasteiger partial charge on any atom is -0.467 e. The zero-order chi connectivity index (χ0) is 26.3. The largest absolute Gasteiger partial charge is 0.467 e. The number of allylic oxidation sites excluding steroid dienone is 6. The average molecular weight is 499 g/mol. The Balaban J connectivity index is 1.82. The van der Waals surface area contributed by atoms with Crippen molar-refractivity contribution < 1.29 is 19.4 Å². The summed E-state index contributed by atoms with van der Waals surface area (Å²) >= 11 is 0. The van der Waals surface area contributed by atoms with E-state index >= 15 is 0 Å². The van der Waals surface area contributed by atoms with Gasteiger partial charge in [0.05, 0.1) is 19.8 Å². The van der Waals surface area contributed by atoms with Crippen LogP contribution in [0.4, 0.5) is 0 Å². The number of amides is 1. The molecule has 6 heteroatoms. The van der Waals surface area contributed by atoms with E-state index < -0.39 is 6.04 Å². The van der Waals surface area contributed by atoms with E-state index in [1.807, 2.05) is 19.1 Å². The Morgan fingerprint density at radius 2 is 1.83 bits per heavy atom. The molecule has 36 heavy (non-hydrogen) atoms. The van der Waals surface area contributed by atoms with Crippen molar-refractivity contribution in [2.24, 2.45) is 5.92 Å². The Bertz CT molecular complexity index is 836. The molecule has 200 valence electrons. The Kier molecular flexibility index (Phi) is 13.5. The van der Waals surface area contributed by atoms with E-state index in [-0.39, 0.29) is 24.5 Å². The van der Waals surface area contributed by atoms with Crippen molar-refractivity contribution in [3.63, 3.8) is 0 Å². The molecule has 1 aliphatic heterocycles. The number of carbonyl (C=O) groups is 2. The third-order valence-corrected chi connectivity index (χ3v) is 7.09. The quantitative estimate of drug-likeness (QED) is 0.200. The van der Waals surface area contributed by atoms with Crippen LogP contribution in [0.25, 0.3) is 0 Å². The van der Waals surface area contributed by atoms with E-state index in [0.717, 1.165) is 56.2 Å². The summed E-state index contributed by atoms with van der Waals surface area (Å²) in [5.74, 6) is 0.122. The fraction of sp³-hybridized carbons (Fsp3) is 0.600. The molecular weight excluding hydrogens is 452 g/mol. The van der Waals surface area contributed by atoms with Crippen LogP contribution in [-0.4, -0.2) is 60.8 Å². The third-order valence-electron chi connectivity index (χ3n) is 7.09. The maximum atomic E-state index is 13.5. The number of nitrogens with zero attached hydrogens (tertiary/aromatic N) is 1. The van der Waals surface area contributed by atoms with Crippen LogP contribution in [0.3, 0.4) is 0 Å². The van der Waals surface area contributed by atoms with Gasteiger partial charge in [-0.1, -0.05) is 68.4 Å². The van der Waals surface area contributed by atoms with Gasteiger partial charge in [0, 0.05) is 6.54 Å². The molecule has 1 heterocycles. The van der Waals surface area contributed by atoms with Gasteiger partial charge in [-0.2, -0.15) is 0 Å². The molecular formula is C30H46N2O4. The second-order valence-corrected chi connectivity index (χ2v) is 10.1. The van der Waals surface area contributed by atoms with Crippen molar-refractivity contribution in [1.29, 1.82) is 0 Å². The monoisotopic (exact) mass is 498 g/mol. The summed E-state index contributed by atoms with van der Waals surface area (Å²) in [5, 5.41) is 12.6. The van der Waals surface area contributed by atoms with Gasteiger partial charge in [-0.15, -0.1) is 0 Å². The number of rotatable bonds is 14. The van der Waals surface area contributed by atoms with Crippen molar-refractivity contribution >= 4 is 11.9 Å². The van der Waals surface area contributed by atoms with E-state index in [1.54, 1.807) is 11.0 Å². The van der Waals surface area contributed by atoms with Crippen LogP contribution in [0.15, 0.2) is 60.3 Å². The standard InChI is InChI=1S/C30H46N2O4/c1-23(21-24(2)17-18-25(3)22-33)13-8-5-6-11-19-31-28(26-14-9-7-10-15-26)29(34)32-20-12-16-27(32)30(35)36-4/h8,13,17-18,21,26-28,31,33H,2-3,5-7,9-12,14-16,19-20,22H2,1,4H3/b13-8+,18-17+,23-21+/t27?,28-/m0/s1. The summed E-state index contributed by atoms with van der Waals surface area (Å²) in [6, 6.07) is -0.644. The smallest absolute Gasteiger partial charge is 0.328 e. The molecule has 6 nitrogen and oxygen atoms in total. The fourth-order valence-corrected chi connectivity index (χ4v) is 5.09. The number of likely N-dealkylation sites (tertiary alicyclic amines) is 1. The maximum absolute atomic E-state index is 13.5. The first kappa shape index (κ1) is 29.8. The molecule has 1 saturated carbocycles. The summed E-state index contributed by atoms with van der Waals surface area (Å²) in [4.78, 5) is 27.5. The fourth-order valence-electron chi connectivity index (χ4n) is 5.09. The number of aliphatic hydroxyl groups is 1. The van der Waals surface area contributed by atoms with Crippen LogP contribution in [-0.2, 0) is 14.3 Å². The zero-order valence-electron chi connectivity index (χ0n) is 22.3. The number of methoxy groups -OCH3 is 1. The van der Waals surface area contributed by atoms with E-state index in [2.05, 4.69) is 30.6 Å². The van der Waals surface area contributed by atoms with Crippen molar-refractivity contribution in [3.8, 4) is 0 Å². The highest BCUT2D eigenvalue weighted by atomic mass is 16.5. The number of hydrogen-bond acceptors (Lipinski definition) is 5. The van der Waals surface area contributed by atoms with Gasteiger partial charge < -0.3 is 20.1 Å². The summed E-state index contributed by atoms with van der Waals surface area (Å²) < 4.78 is 4.96. The van der Waals surface area contributed by atoms with Gasteiger partial charge in [0.25, 0.3) is 0 Å². The normalized spacial score (nSPS) is 20.2. The Labute approximate surface area is 217 Å². The number of ether oxygens (including phenoxy) is 1. The molecule has 2 N–H and O–H groups in total. The number of nitrogens with one attached hydrogen (secondary N) is 1. The van der Waals surface area contributed by atoms with Crippen LogP contribution in [0.2, 0.25) is 0 Å². The Morgan fingerprint density at radius 3 is 2.53 bits per heavy atom. The van der Waals surface area contributed by atoms with Gasteiger partial charge in [-0.05, 0) is 75.5 Å². The summed E-state index contributed by atoms with van der Waals surface area (Å²) in [6.45, 7) is 11.2. The molecule has 1 unspecified atom stereocenters. The van der Waals surface area contributed by atoms with Crippen LogP contribution < -0.4 is 5.32 Å². The van der Waals surface area contributed by atoms with Crippen molar-refractivity contribution in [2.45, 2.75) is 83.2 Å². The average Bonchev–Trinajstić information content (AvgIpc) is 3.38. The van der Waals surface area contributed by atoms with Crippen molar-refractivity contribution in [2.75, 3.05) is 26.8 Å². The molecule has 1 saturated heterocycles. The highest BCUT2D eigenvalue weighted by molar-refractivity contribution is 5.88.